The van der Waals surface area contributed by atoms with Gasteiger partial charge in [0.25, 0.3) is 5.91 Å². The van der Waals surface area contributed by atoms with Crippen molar-refractivity contribution in [1.29, 1.82) is 0 Å². The number of H-pyrrole nitrogens is 1. The number of aromatic amines is 1. The first-order valence-electron chi connectivity index (χ1n) is 6.40. The Kier molecular flexibility index (Phi) is 4.18. The Balaban J connectivity index is 2.01. The van der Waals surface area contributed by atoms with Crippen LogP contribution >= 0.6 is 31.9 Å². The van der Waals surface area contributed by atoms with E-state index in [1.165, 1.54) is 24.3 Å². The van der Waals surface area contributed by atoms with Gasteiger partial charge in [0.1, 0.15) is 5.75 Å². The van der Waals surface area contributed by atoms with E-state index in [2.05, 4.69) is 47.1 Å². The number of aromatic nitrogens is 1. The lowest BCUT2D eigenvalue weighted by Crippen LogP contribution is -1.92. The van der Waals surface area contributed by atoms with Gasteiger partial charge in [-0.2, -0.15) is 0 Å². The number of carbonyl (C=O) groups is 1. The second-order valence-electron chi connectivity index (χ2n) is 4.69. The summed E-state index contributed by atoms with van der Waals surface area (Å²) in [5, 5.41) is 27.4. The first kappa shape index (κ1) is 15.7. The number of amides is 1. The fraction of sp³-hybridized carbons (Fsp3) is 0. The second-order valence-corrected chi connectivity index (χ2v) is 6.46. The molecule has 0 spiro atoms. The number of hydrogen-bond donors (Lipinski definition) is 3. The minimum absolute atomic E-state index is 0.0335. The number of nitrogens with zero attached hydrogens (tertiary/aromatic N) is 2. The topological polar surface area (TPSA) is 98.0 Å². The van der Waals surface area contributed by atoms with Crippen LogP contribution in [0.5, 0.6) is 11.6 Å². The molecule has 3 rings (SSSR count). The minimum atomic E-state index is -0.622. The Bertz CT molecular complexity index is 951. The number of fused-ring (bicyclic) bond motifs is 1. The van der Waals surface area contributed by atoms with Gasteiger partial charge in [-0.25, -0.2) is 0 Å². The molecule has 0 aliphatic rings. The number of azo groups is 1. The number of aromatic hydroxyl groups is 2. The molecule has 1 heterocycles. The van der Waals surface area contributed by atoms with Gasteiger partial charge in [0, 0.05) is 19.9 Å². The van der Waals surface area contributed by atoms with Crippen LogP contribution in [0.1, 0.15) is 10.4 Å². The molecule has 0 fully saturated rings. The van der Waals surface area contributed by atoms with Gasteiger partial charge >= 0.3 is 0 Å². The number of carbonyl (C=O) groups excluding carboxylic acids is 1. The molecule has 23 heavy (non-hydrogen) atoms. The van der Waals surface area contributed by atoms with Crippen molar-refractivity contribution in [3.8, 4) is 11.6 Å². The number of phenolic OH excluding ortho intramolecular Hbond substituents is 1. The molecule has 0 aliphatic carbocycles. The Hall–Kier alpha value is -2.19. The molecule has 3 N–H and O–H groups in total. The lowest BCUT2D eigenvalue weighted by atomic mass is 10.2. The molecule has 0 saturated carbocycles. The maximum atomic E-state index is 12.0. The monoisotopic (exact) mass is 437 g/mol. The van der Waals surface area contributed by atoms with E-state index >= 15 is 0 Å². The summed E-state index contributed by atoms with van der Waals surface area (Å²) in [6, 6.07) is 9.37. The quantitative estimate of drug-likeness (QED) is 0.489. The summed E-state index contributed by atoms with van der Waals surface area (Å²) < 4.78 is 1.52. The van der Waals surface area contributed by atoms with E-state index in [9.17, 15) is 15.0 Å². The SMILES string of the molecule is O=C(N=Nc1c(O)[nH]c2c(Br)cc(Br)cc12)c1cccc(O)c1. The first-order valence-corrected chi connectivity index (χ1v) is 7.99. The second kappa shape index (κ2) is 6.13. The molecule has 0 unspecified atom stereocenters. The van der Waals surface area contributed by atoms with Crippen molar-refractivity contribution in [2.75, 3.05) is 0 Å². The van der Waals surface area contributed by atoms with Crippen molar-refractivity contribution >= 4 is 54.4 Å². The van der Waals surface area contributed by atoms with Gasteiger partial charge in [0.15, 0.2) is 5.69 Å². The van der Waals surface area contributed by atoms with Crippen LogP contribution < -0.4 is 0 Å². The van der Waals surface area contributed by atoms with Crippen molar-refractivity contribution in [2.45, 2.75) is 0 Å². The smallest absolute Gasteiger partial charge is 0.295 e. The molecule has 0 bridgehead atoms. The molecule has 0 atom stereocenters. The highest BCUT2D eigenvalue weighted by atomic mass is 79.9. The summed E-state index contributed by atoms with van der Waals surface area (Å²) in [6.45, 7) is 0. The van der Waals surface area contributed by atoms with E-state index in [4.69, 9.17) is 0 Å². The van der Waals surface area contributed by atoms with E-state index in [1.54, 1.807) is 6.07 Å². The Labute approximate surface area is 147 Å². The predicted molar refractivity (Wildman–Crippen MR) is 92.3 cm³/mol. The van der Waals surface area contributed by atoms with E-state index in [1.807, 2.05) is 6.07 Å². The molecule has 116 valence electrons. The average Bonchev–Trinajstić information content (AvgIpc) is 2.81. The van der Waals surface area contributed by atoms with Crippen molar-refractivity contribution in [3.05, 3.63) is 50.9 Å². The van der Waals surface area contributed by atoms with E-state index in [-0.39, 0.29) is 22.9 Å². The van der Waals surface area contributed by atoms with E-state index in [0.29, 0.717) is 10.9 Å². The molecule has 1 amide bonds. The summed E-state index contributed by atoms with van der Waals surface area (Å²) in [5.74, 6) is -0.844. The molecule has 0 radical (unpaired) electrons. The van der Waals surface area contributed by atoms with Gasteiger partial charge in [-0.05, 0) is 46.3 Å². The highest BCUT2D eigenvalue weighted by Crippen LogP contribution is 2.40. The van der Waals surface area contributed by atoms with Gasteiger partial charge in [-0.15, -0.1) is 10.2 Å². The Morgan fingerprint density at radius 3 is 2.65 bits per heavy atom. The third kappa shape index (κ3) is 3.13. The molecule has 8 heteroatoms. The summed E-state index contributed by atoms with van der Waals surface area (Å²) >= 11 is 6.74. The molecular formula is C15H9Br2N3O3. The van der Waals surface area contributed by atoms with Crippen molar-refractivity contribution in [3.63, 3.8) is 0 Å². The zero-order chi connectivity index (χ0) is 16.6. The third-order valence-corrected chi connectivity index (χ3v) is 4.20. The minimum Gasteiger partial charge on any atom is -0.508 e. The van der Waals surface area contributed by atoms with E-state index in [0.717, 1.165) is 8.95 Å². The van der Waals surface area contributed by atoms with Crippen LogP contribution in [0.25, 0.3) is 10.9 Å². The number of phenols is 1. The van der Waals surface area contributed by atoms with Crippen LogP contribution in [0.4, 0.5) is 5.69 Å². The zero-order valence-electron chi connectivity index (χ0n) is 11.4. The van der Waals surface area contributed by atoms with Gasteiger partial charge in [0.05, 0.1) is 5.52 Å². The fourth-order valence-electron chi connectivity index (χ4n) is 2.09. The summed E-state index contributed by atoms with van der Waals surface area (Å²) in [7, 11) is 0. The third-order valence-electron chi connectivity index (χ3n) is 3.11. The molecule has 0 saturated heterocycles. The highest BCUT2D eigenvalue weighted by Gasteiger charge is 2.14. The number of halogens is 2. The van der Waals surface area contributed by atoms with Gasteiger partial charge in [-0.1, -0.05) is 22.0 Å². The number of nitrogens with one attached hydrogen (secondary N) is 1. The van der Waals surface area contributed by atoms with E-state index < -0.39 is 5.91 Å². The van der Waals surface area contributed by atoms with Crippen LogP contribution in [0.3, 0.4) is 0 Å². The van der Waals surface area contributed by atoms with Gasteiger partial charge < -0.3 is 15.2 Å². The van der Waals surface area contributed by atoms with Crippen LogP contribution in [-0.2, 0) is 0 Å². The van der Waals surface area contributed by atoms with Crippen LogP contribution in [0.2, 0.25) is 0 Å². The fourth-order valence-corrected chi connectivity index (χ4v) is 3.41. The van der Waals surface area contributed by atoms with Crippen LogP contribution in [0.15, 0.2) is 55.6 Å². The molecular weight excluding hydrogens is 430 g/mol. The van der Waals surface area contributed by atoms with Crippen molar-refractivity contribution in [1.82, 2.24) is 4.98 Å². The number of benzene rings is 2. The molecule has 1 aromatic heterocycles. The standard InChI is InChI=1S/C15H9Br2N3O3/c16-8-5-10-12(11(17)6-8)18-15(23)13(10)19-20-14(22)7-2-1-3-9(21)4-7/h1-6,18,21,23H. The maximum Gasteiger partial charge on any atom is 0.295 e. The summed E-state index contributed by atoms with van der Waals surface area (Å²) in [5.41, 5.74) is 1.01. The molecule has 0 aliphatic heterocycles. The lowest BCUT2D eigenvalue weighted by Gasteiger charge is -1.97. The molecule has 6 nitrogen and oxygen atoms in total. The normalized spacial score (nSPS) is 11.4. The maximum absolute atomic E-state index is 12.0. The first-order chi connectivity index (χ1) is 11.0. The lowest BCUT2D eigenvalue weighted by molar-refractivity contribution is 0.0994. The van der Waals surface area contributed by atoms with Crippen LogP contribution in [-0.4, -0.2) is 21.1 Å². The number of hydrogen-bond acceptors (Lipinski definition) is 4. The highest BCUT2D eigenvalue weighted by molar-refractivity contribution is 9.11. The van der Waals surface area contributed by atoms with Gasteiger partial charge in [0.2, 0.25) is 5.88 Å². The van der Waals surface area contributed by atoms with Gasteiger partial charge in [-0.3, -0.25) is 4.79 Å². The average molecular weight is 439 g/mol. The Morgan fingerprint density at radius 2 is 1.91 bits per heavy atom. The van der Waals surface area contributed by atoms with Crippen LogP contribution in [0, 0.1) is 0 Å². The zero-order valence-corrected chi connectivity index (χ0v) is 14.6. The molecule has 3 aromatic rings. The Morgan fingerprint density at radius 1 is 1.13 bits per heavy atom. The van der Waals surface area contributed by atoms with Crippen molar-refractivity contribution < 1.29 is 15.0 Å². The largest absolute Gasteiger partial charge is 0.508 e. The summed E-state index contributed by atoms with van der Waals surface area (Å²) in [4.78, 5) is 14.8. The number of rotatable bonds is 2. The predicted octanol–water partition coefficient (Wildman–Crippen LogP) is 5.03. The summed E-state index contributed by atoms with van der Waals surface area (Å²) in [6.07, 6.45) is 0. The van der Waals surface area contributed by atoms with Crippen molar-refractivity contribution in [2.24, 2.45) is 10.2 Å². The molecule has 2 aromatic carbocycles.